The van der Waals surface area contributed by atoms with E-state index in [4.69, 9.17) is 11.6 Å². The average molecular weight is 463 g/mol. The minimum absolute atomic E-state index is 0.0194. The predicted octanol–water partition coefficient (Wildman–Crippen LogP) is 4.62. The summed E-state index contributed by atoms with van der Waals surface area (Å²) in [5.74, 6) is -0.931. The Balaban J connectivity index is 1.76. The zero-order chi connectivity index (χ0) is 23.0. The minimum Gasteiger partial charge on any atom is -0.336 e. The van der Waals surface area contributed by atoms with E-state index in [0.29, 0.717) is 22.8 Å². The van der Waals surface area contributed by atoms with Crippen LogP contribution >= 0.6 is 11.6 Å². The van der Waals surface area contributed by atoms with Gasteiger partial charge < -0.3 is 4.90 Å². The molecule has 0 aliphatic rings. The van der Waals surface area contributed by atoms with E-state index in [1.165, 1.54) is 47.6 Å². The second-order valence-electron chi connectivity index (χ2n) is 7.08. The highest BCUT2D eigenvalue weighted by molar-refractivity contribution is 6.31. The highest BCUT2D eigenvalue weighted by atomic mass is 35.5. The van der Waals surface area contributed by atoms with Crippen LogP contribution in [0.5, 0.6) is 0 Å². The second kappa shape index (κ2) is 8.62. The van der Waals surface area contributed by atoms with Gasteiger partial charge in [0.05, 0.1) is 35.3 Å². The van der Waals surface area contributed by atoms with Gasteiger partial charge in [-0.05, 0) is 37.3 Å². The van der Waals surface area contributed by atoms with E-state index in [-0.39, 0.29) is 23.4 Å². The molecule has 0 N–H and O–H groups in total. The normalized spacial score (nSPS) is 11.5. The third kappa shape index (κ3) is 3.93. The van der Waals surface area contributed by atoms with Crippen molar-refractivity contribution in [2.75, 3.05) is 7.05 Å². The van der Waals surface area contributed by atoms with Crippen LogP contribution in [0.1, 0.15) is 35.1 Å². The monoisotopic (exact) mass is 462 g/mol. The molecule has 4 aromatic rings. The molecule has 0 bridgehead atoms. The van der Waals surface area contributed by atoms with Gasteiger partial charge in [-0.15, -0.1) is 0 Å². The van der Waals surface area contributed by atoms with E-state index in [1.54, 1.807) is 11.7 Å². The lowest BCUT2D eigenvalue weighted by molar-refractivity contribution is 0.0783. The van der Waals surface area contributed by atoms with Crippen LogP contribution in [0, 0.1) is 5.82 Å². The number of carbonyl (C=O) groups excluding carboxylic acids is 1. The Kier molecular flexibility index (Phi) is 5.88. The highest BCUT2D eigenvalue weighted by Gasteiger charge is 2.24. The maximum atomic E-state index is 13.7. The standard InChI is InChI=1S/C21H18ClF3N6O/c1-3-30-18(15(22)10-26-30)11-29(2)21(32)14-9-27-31-17(19(24)25)8-16(28-20(14)31)12-4-6-13(23)7-5-12/h4-10,19H,3,11H2,1-2H3. The lowest BCUT2D eigenvalue weighted by Gasteiger charge is -2.17. The smallest absolute Gasteiger partial charge is 0.280 e. The van der Waals surface area contributed by atoms with E-state index >= 15 is 0 Å². The summed E-state index contributed by atoms with van der Waals surface area (Å²) in [5.41, 5.74) is 0.864. The van der Waals surface area contributed by atoms with Gasteiger partial charge in [0.15, 0.2) is 5.65 Å². The first-order chi connectivity index (χ1) is 15.3. The third-order valence-electron chi connectivity index (χ3n) is 5.02. The largest absolute Gasteiger partial charge is 0.336 e. The van der Waals surface area contributed by atoms with E-state index in [2.05, 4.69) is 15.2 Å². The van der Waals surface area contributed by atoms with Crippen LogP contribution in [0.4, 0.5) is 13.2 Å². The molecular weight excluding hydrogens is 445 g/mol. The molecule has 0 atom stereocenters. The van der Waals surface area contributed by atoms with Crippen molar-refractivity contribution in [1.82, 2.24) is 29.3 Å². The Morgan fingerprint density at radius 3 is 2.56 bits per heavy atom. The average Bonchev–Trinajstić information content (AvgIpc) is 3.36. The molecule has 0 aliphatic heterocycles. The lowest BCUT2D eigenvalue weighted by atomic mass is 10.1. The van der Waals surface area contributed by atoms with Crippen LogP contribution in [0.15, 0.2) is 42.7 Å². The van der Waals surface area contributed by atoms with Gasteiger partial charge in [0.1, 0.15) is 17.1 Å². The van der Waals surface area contributed by atoms with Crippen LogP contribution in [0.3, 0.4) is 0 Å². The van der Waals surface area contributed by atoms with Crippen molar-refractivity contribution >= 4 is 23.2 Å². The fraction of sp³-hybridized carbons (Fsp3) is 0.238. The summed E-state index contributed by atoms with van der Waals surface area (Å²) in [6.45, 7) is 2.62. The maximum Gasteiger partial charge on any atom is 0.280 e. The van der Waals surface area contributed by atoms with Crippen LogP contribution in [0.2, 0.25) is 5.02 Å². The fourth-order valence-electron chi connectivity index (χ4n) is 3.38. The number of aromatic nitrogens is 5. The molecule has 1 aromatic carbocycles. The molecule has 0 fully saturated rings. The number of benzene rings is 1. The topological polar surface area (TPSA) is 68.3 Å². The Hall–Kier alpha value is -3.40. The van der Waals surface area contributed by atoms with Crippen molar-refractivity contribution in [3.8, 4) is 11.3 Å². The van der Waals surface area contributed by atoms with Gasteiger partial charge in [0.25, 0.3) is 12.3 Å². The van der Waals surface area contributed by atoms with Crippen LogP contribution in [0.25, 0.3) is 16.9 Å². The molecule has 0 aliphatic carbocycles. The number of amides is 1. The summed E-state index contributed by atoms with van der Waals surface area (Å²) >= 11 is 6.19. The number of fused-ring (bicyclic) bond motifs is 1. The van der Waals surface area contributed by atoms with Crippen molar-refractivity contribution in [3.63, 3.8) is 0 Å². The number of hydrogen-bond donors (Lipinski definition) is 0. The quantitative estimate of drug-likeness (QED) is 0.419. The predicted molar refractivity (Wildman–Crippen MR) is 112 cm³/mol. The van der Waals surface area contributed by atoms with Gasteiger partial charge in [-0.2, -0.15) is 10.2 Å². The van der Waals surface area contributed by atoms with E-state index in [1.807, 2.05) is 6.92 Å². The van der Waals surface area contributed by atoms with Crippen molar-refractivity contribution in [2.24, 2.45) is 0 Å². The van der Waals surface area contributed by atoms with Crippen molar-refractivity contribution < 1.29 is 18.0 Å². The zero-order valence-corrected chi connectivity index (χ0v) is 17.9. The first kappa shape index (κ1) is 21.8. The van der Waals surface area contributed by atoms with Gasteiger partial charge in [0, 0.05) is 19.2 Å². The molecule has 0 saturated heterocycles. The lowest BCUT2D eigenvalue weighted by Crippen LogP contribution is -2.27. The molecule has 166 valence electrons. The minimum atomic E-state index is -2.86. The molecule has 4 rings (SSSR count). The van der Waals surface area contributed by atoms with Gasteiger partial charge in [-0.25, -0.2) is 22.7 Å². The number of rotatable bonds is 6. The molecule has 0 saturated carbocycles. The Morgan fingerprint density at radius 2 is 1.91 bits per heavy atom. The van der Waals surface area contributed by atoms with Crippen LogP contribution in [-0.4, -0.2) is 42.2 Å². The van der Waals surface area contributed by atoms with Crippen LogP contribution in [-0.2, 0) is 13.1 Å². The molecule has 32 heavy (non-hydrogen) atoms. The summed E-state index contributed by atoms with van der Waals surface area (Å²) in [4.78, 5) is 18.9. The van der Waals surface area contributed by atoms with E-state index < -0.39 is 23.8 Å². The van der Waals surface area contributed by atoms with Crippen molar-refractivity contribution in [3.05, 3.63) is 70.5 Å². The molecule has 0 spiro atoms. The SMILES string of the molecule is CCn1ncc(Cl)c1CN(C)C(=O)c1cnn2c(C(F)F)cc(-c3ccc(F)cc3)nc12. The number of aryl methyl sites for hydroxylation is 1. The van der Waals surface area contributed by atoms with Gasteiger partial charge in [-0.3, -0.25) is 9.48 Å². The summed E-state index contributed by atoms with van der Waals surface area (Å²) in [6.07, 6.45) is -0.155. The first-order valence-corrected chi connectivity index (χ1v) is 10.1. The van der Waals surface area contributed by atoms with E-state index in [0.717, 1.165) is 4.52 Å². The fourth-order valence-corrected chi connectivity index (χ4v) is 3.58. The Labute approximate surface area is 186 Å². The molecule has 3 aromatic heterocycles. The summed E-state index contributed by atoms with van der Waals surface area (Å²) in [5, 5.41) is 8.53. The Bertz CT molecular complexity index is 1280. The van der Waals surface area contributed by atoms with Gasteiger partial charge in [-0.1, -0.05) is 11.6 Å². The molecule has 11 heteroatoms. The first-order valence-electron chi connectivity index (χ1n) is 9.68. The molecule has 7 nitrogen and oxygen atoms in total. The number of alkyl halides is 2. The van der Waals surface area contributed by atoms with Crippen LogP contribution < -0.4 is 0 Å². The number of hydrogen-bond acceptors (Lipinski definition) is 4. The number of halogens is 4. The van der Waals surface area contributed by atoms with Gasteiger partial charge >= 0.3 is 0 Å². The van der Waals surface area contributed by atoms with E-state index in [9.17, 15) is 18.0 Å². The number of carbonyl (C=O) groups is 1. The zero-order valence-electron chi connectivity index (χ0n) is 17.1. The summed E-state index contributed by atoms with van der Waals surface area (Å²) in [7, 11) is 1.56. The maximum absolute atomic E-state index is 13.7. The molecule has 0 radical (unpaired) electrons. The highest BCUT2D eigenvalue weighted by Crippen LogP contribution is 2.27. The third-order valence-corrected chi connectivity index (χ3v) is 5.34. The van der Waals surface area contributed by atoms with Gasteiger partial charge in [0.2, 0.25) is 0 Å². The summed E-state index contributed by atoms with van der Waals surface area (Å²) in [6, 6.07) is 6.46. The summed E-state index contributed by atoms with van der Waals surface area (Å²) < 4.78 is 43.4. The van der Waals surface area contributed by atoms with Crippen molar-refractivity contribution in [2.45, 2.75) is 26.4 Å². The Morgan fingerprint density at radius 1 is 1.19 bits per heavy atom. The molecular formula is C21H18ClF3N6O. The molecule has 1 amide bonds. The molecule has 0 unspecified atom stereocenters. The molecule has 3 heterocycles. The second-order valence-corrected chi connectivity index (χ2v) is 7.49. The van der Waals surface area contributed by atoms with Crippen molar-refractivity contribution in [1.29, 1.82) is 0 Å². The number of nitrogens with zero attached hydrogens (tertiary/aromatic N) is 6.